The number of hydrogen-bond donors (Lipinski definition) is 1. The first kappa shape index (κ1) is 27.8. The van der Waals surface area contributed by atoms with Crippen molar-refractivity contribution in [1.29, 1.82) is 0 Å². The summed E-state index contributed by atoms with van der Waals surface area (Å²) in [6, 6.07) is 17.4. The van der Waals surface area contributed by atoms with Crippen LogP contribution in [0.25, 0.3) is 0 Å². The minimum Gasteiger partial charge on any atom is -0.490 e. The molecule has 0 bridgehead atoms. The Morgan fingerprint density at radius 3 is 2.38 bits per heavy atom. The van der Waals surface area contributed by atoms with Gasteiger partial charge in [0.05, 0.1) is 22.1 Å². The molecule has 9 nitrogen and oxygen atoms in total. The van der Waals surface area contributed by atoms with Crippen LogP contribution in [0.3, 0.4) is 0 Å². The first-order valence-electron chi connectivity index (χ1n) is 11.2. The molecule has 0 aliphatic carbocycles. The summed E-state index contributed by atoms with van der Waals surface area (Å²) in [4.78, 5) is 38.4. The van der Waals surface area contributed by atoms with Crippen LogP contribution >= 0.6 is 23.2 Å². The van der Waals surface area contributed by atoms with Crippen LogP contribution in [-0.4, -0.2) is 48.4 Å². The highest BCUT2D eigenvalue weighted by atomic mass is 35.5. The van der Waals surface area contributed by atoms with Crippen LogP contribution < -0.4 is 14.8 Å². The first-order valence-corrected chi connectivity index (χ1v) is 11.9. The number of nitro benzene ring substituents is 1. The number of benzene rings is 3. The Balaban J connectivity index is 1.90. The maximum absolute atomic E-state index is 13.5. The normalized spacial score (nSPS) is 11.4. The van der Waals surface area contributed by atoms with Crippen LogP contribution in [0.15, 0.2) is 66.7 Å². The SMILES string of the molecule is CNC(=O)C(Cc1ccccc1)N(Cc1ccc(Cl)c(Cl)c1)C(=O)COc1ccc([N+](=O)[O-])c(OC)c1. The van der Waals surface area contributed by atoms with Gasteiger partial charge < -0.3 is 19.7 Å². The van der Waals surface area contributed by atoms with Gasteiger partial charge in [-0.05, 0) is 29.3 Å². The van der Waals surface area contributed by atoms with Gasteiger partial charge in [0.2, 0.25) is 11.7 Å². The summed E-state index contributed by atoms with van der Waals surface area (Å²) in [6.07, 6.45) is 0.263. The summed E-state index contributed by atoms with van der Waals surface area (Å²) >= 11 is 12.2. The van der Waals surface area contributed by atoms with Crippen LogP contribution in [0, 0.1) is 10.1 Å². The number of amides is 2. The van der Waals surface area contributed by atoms with Crippen molar-refractivity contribution >= 4 is 40.7 Å². The number of nitrogens with zero attached hydrogens (tertiary/aromatic N) is 2. The zero-order valence-electron chi connectivity index (χ0n) is 20.1. The predicted molar refractivity (Wildman–Crippen MR) is 140 cm³/mol. The second-order valence-corrected chi connectivity index (χ2v) is 8.78. The van der Waals surface area contributed by atoms with Gasteiger partial charge in [0.1, 0.15) is 11.8 Å². The summed E-state index contributed by atoms with van der Waals surface area (Å²) in [6.45, 7) is -0.363. The van der Waals surface area contributed by atoms with E-state index in [0.29, 0.717) is 15.6 Å². The molecule has 0 aromatic heterocycles. The van der Waals surface area contributed by atoms with E-state index in [1.165, 1.54) is 37.3 Å². The third-order valence-corrected chi connectivity index (χ3v) is 6.30. The molecule has 1 N–H and O–H groups in total. The highest BCUT2D eigenvalue weighted by Gasteiger charge is 2.30. The van der Waals surface area contributed by atoms with Crippen molar-refractivity contribution in [2.24, 2.45) is 0 Å². The van der Waals surface area contributed by atoms with Crippen LogP contribution in [0.1, 0.15) is 11.1 Å². The van der Waals surface area contributed by atoms with E-state index in [-0.39, 0.29) is 36.1 Å². The van der Waals surface area contributed by atoms with Gasteiger partial charge in [-0.15, -0.1) is 0 Å². The molecule has 0 spiro atoms. The number of ether oxygens (including phenoxy) is 2. The van der Waals surface area contributed by atoms with E-state index in [0.717, 1.165) is 5.56 Å². The maximum Gasteiger partial charge on any atom is 0.311 e. The van der Waals surface area contributed by atoms with Crippen molar-refractivity contribution in [3.8, 4) is 11.5 Å². The lowest BCUT2D eigenvalue weighted by atomic mass is 10.0. The Morgan fingerprint density at radius 1 is 1.03 bits per heavy atom. The second kappa shape index (κ2) is 12.9. The zero-order valence-corrected chi connectivity index (χ0v) is 21.7. The second-order valence-electron chi connectivity index (χ2n) is 7.97. The van der Waals surface area contributed by atoms with Crippen LogP contribution in [-0.2, 0) is 22.6 Å². The molecule has 0 saturated carbocycles. The summed E-state index contributed by atoms with van der Waals surface area (Å²) in [5.74, 6) is -0.637. The Kier molecular flexibility index (Phi) is 9.71. The Morgan fingerprint density at radius 2 is 1.76 bits per heavy atom. The standard InChI is InChI=1S/C26H25Cl2N3O6/c1-29-26(33)23(13-17-6-4-3-5-7-17)30(15-18-8-10-20(27)21(28)12-18)25(32)16-37-19-9-11-22(31(34)35)24(14-19)36-2/h3-12,14,23H,13,15-16H2,1-2H3,(H,29,33). The maximum atomic E-state index is 13.5. The summed E-state index contributed by atoms with van der Waals surface area (Å²) in [5, 5.41) is 14.5. The monoisotopic (exact) mass is 545 g/mol. The number of methoxy groups -OCH3 is 1. The number of likely N-dealkylation sites (N-methyl/N-ethyl adjacent to an activating group) is 1. The number of nitrogens with one attached hydrogen (secondary N) is 1. The minimum atomic E-state index is -0.857. The molecule has 3 rings (SSSR count). The van der Waals surface area contributed by atoms with Crippen molar-refractivity contribution in [3.63, 3.8) is 0 Å². The van der Waals surface area contributed by atoms with E-state index in [4.69, 9.17) is 32.7 Å². The lowest BCUT2D eigenvalue weighted by Crippen LogP contribution is -2.51. The summed E-state index contributed by atoms with van der Waals surface area (Å²) in [7, 11) is 2.80. The molecule has 0 fully saturated rings. The lowest BCUT2D eigenvalue weighted by molar-refractivity contribution is -0.385. The molecule has 3 aromatic rings. The molecular weight excluding hydrogens is 521 g/mol. The van der Waals surface area contributed by atoms with Gasteiger partial charge >= 0.3 is 5.69 Å². The highest BCUT2D eigenvalue weighted by Crippen LogP contribution is 2.31. The predicted octanol–water partition coefficient (Wildman–Crippen LogP) is 4.68. The smallest absolute Gasteiger partial charge is 0.311 e. The Bertz CT molecular complexity index is 1270. The van der Waals surface area contributed by atoms with Gasteiger partial charge in [-0.25, -0.2) is 0 Å². The van der Waals surface area contributed by atoms with Gasteiger partial charge in [0.15, 0.2) is 6.61 Å². The number of halogens is 2. The molecule has 0 aliphatic rings. The third-order valence-electron chi connectivity index (χ3n) is 5.56. The molecule has 0 saturated heterocycles. The molecular formula is C26H25Cl2N3O6. The molecule has 3 aromatic carbocycles. The number of carbonyl (C=O) groups is 2. The number of nitro groups is 1. The van der Waals surface area contributed by atoms with Crippen molar-refractivity contribution in [3.05, 3.63) is 98.0 Å². The van der Waals surface area contributed by atoms with Gasteiger partial charge in [-0.1, -0.05) is 59.6 Å². The third kappa shape index (κ3) is 7.34. The topological polar surface area (TPSA) is 111 Å². The first-order chi connectivity index (χ1) is 17.7. The summed E-state index contributed by atoms with van der Waals surface area (Å²) < 4.78 is 10.7. The lowest BCUT2D eigenvalue weighted by Gasteiger charge is -2.31. The van der Waals surface area contributed by atoms with Gasteiger partial charge in [0, 0.05) is 32.1 Å². The van der Waals surface area contributed by atoms with Gasteiger partial charge in [-0.3, -0.25) is 19.7 Å². The molecule has 0 radical (unpaired) electrons. The fourth-order valence-electron chi connectivity index (χ4n) is 3.68. The molecule has 194 valence electrons. The fraction of sp³-hybridized carbons (Fsp3) is 0.231. The van der Waals surface area contributed by atoms with Crippen molar-refractivity contribution < 1.29 is 24.0 Å². The molecule has 1 atom stereocenters. The van der Waals surface area contributed by atoms with Gasteiger partial charge in [0.25, 0.3) is 5.91 Å². The van der Waals surface area contributed by atoms with E-state index in [1.54, 1.807) is 18.2 Å². The fourth-order valence-corrected chi connectivity index (χ4v) is 4.00. The van der Waals surface area contributed by atoms with E-state index < -0.39 is 23.5 Å². The number of hydrogen-bond acceptors (Lipinski definition) is 6. The Labute approximate surface area is 224 Å². The van der Waals surface area contributed by atoms with E-state index in [9.17, 15) is 19.7 Å². The van der Waals surface area contributed by atoms with Crippen molar-refractivity contribution in [1.82, 2.24) is 10.2 Å². The Hall–Kier alpha value is -3.82. The van der Waals surface area contributed by atoms with Crippen molar-refractivity contribution in [2.75, 3.05) is 20.8 Å². The summed E-state index contributed by atoms with van der Waals surface area (Å²) in [5.41, 5.74) is 1.30. The molecule has 37 heavy (non-hydrogen) atoms. The van der Waals surface area contributed by atoms with E-state index >= 15 is 0 Å². The number of rotatable bonds is 11. The van der Waals surface area contributed by atoms with Crippen LogP contribution in [0.2, 0.25) is 10.0 Å². The quantitative estimate of drug-likeness (QED) is 0.276. The van der Waals surface area contributed by atoms with E-state index in [2.05, 4.69) is 5.32 Å². The molecule has 11 heteroatoms. The van der Waals surface area contributed by atoms with E-state index in [1.807, 2.05) is 30.3 Å². The molecule has 1 unspecified atom stereocenters. The largest absolute Gasteiger partial charge is 0.490 e. The molecule has 0 aliphatic heterocycles. The minimum absolute atomic E-state index is 0.00470. The number of carbonyl (C=O) groups excluding carboxylic acids is 2. The van der Waals surface area contributed by atoms with Gasteiger partial charge in [-0.2, -0.15) is 0 Å². The average molecular weight is 546 g/mol. The van der Waals surface area contributed by atoms with Crippen LogP contribution in [0.4, 0.5) is 5.69 Å². The van der Waals surface area contributed by atoms with Crippen molar-refractivity contribution in [2.45, 2.75) is 19.0 Å². The van der Waals surface area contributed by atoms with Crippen LogP contribution in [0.5, 0.6) is 11.5 Å². The average Bonchev–Trinajstić information content (AvgIpc) is 2.91. The molecule has 2 amide bonds. The molecule has 0 heterocycles. The zero-order chi connectivity index (χ0) is 26.9. The highest BCUT2D eigenvalue weighted by molar-refractivity contribution is 6.42.